The van der Waals surface area contributed by atoms with Crippen molar-refractivity contribution >= 4 is 39.5 Å². The van der Waals surface area contributed by atoms with Crippen molar-refractivity contribution in [2.75, 3.05) is 37.3 Å². The molecule has 2 amide bonds. The Kier molecular flexibility index (Phi) is 3.50. The first-order valence-corrected chi connectivity index (χ1v) is 7.58. The predicted octanol–water partition coefficient (Wildman–Crippen LogP) is 0.518. The van der Waals surface area contributed by atoms with Gasteiger partial charge in [-0.2, -0.15) is 4.98 Å². The van der Waals surface area contributed by atoms with Crippen LogP contribution in [0.15, 0.2) is 5.51 Å². The van der Waals surface area contributed by atoms with Gasteiger partial charge in [-0.25, -0.2) is 14.8 Å². The average molecular weight is 307 g/mol. The van der Waals surface area contributed by atoms with Gasteiger partial charge in [-0.05, 0) is 6.92 Å². The van der Waals surface area contributed by atoms with E-state index in [-0.39, 0.29) is 18.0 Å². The van der Waals surface area contributed by atoms with Gasteiger partial charge in [-0.3, -0.25) is 0 Å². The largest absolute Gasteiger partial charge is 0.368 e. The van der Waals surface area contributed by atoms with Gasteiger partial charge >= 0.3 is 6.03 Å². The van der Waals surface area contributed by atoms with Crippen molar-refractivity contribution in [1.29, 1.82) is 0 Å². The van der Waals surface area contributed by atoms with Gasteiger partial charge in [0.05, 0.1) is 5.51 Å². The molecule has 1 fully saturated rings. The fourth-order valence-corrected chi connectivity index (χ4v) is 3.24. The molecule has 0 radical (unpaired) electrons. The molecule has 2 aromatic rings. The lowest BCUT2D eigenvalue weighted by Gasteiger charge is -2.40. The molecule has 3 heterocycles. The summed E-state index contributed by atoms with van der Waals surface area (Å²) in [5, 5.41) is 2.66. The highest BCUT2D eigenvalue weighted by molar-refractivity contribution is 7.16. The second-order valence-electron chi connectivity index (χ2n) is 4.96. The second-order valence-corrected chi connectivity index (χ2v) is 5.79. The van der Waals surface area contributed by atoms with Gasteiger partial charge < -0.3 is 20.9 Å². The normalized spacial score (nSPS) is 19.0. The number of rotatable bonds is 1. The average Bonchev–Trinajstić information content (AvgIpc) is 2.93. The van der Waals surface area contributed by atoms with Gasteiger partial charge in [0, 0.05) is 32.7 Å². The van der Waals surface area contributed by atoms with Crippen LogP contribution in [0.1, 0.15) is 6.92 Å². The van der Waals surface area contributed by atoms with Crippen molar-refractivity contribution < 1.29 is 4.79 Å². The van der Waals surface area contributed by atoms with E-state index in [4.69, 9.17) is 5.73 Å². The molecule has 0 unspecified atom stereocenters. The van der Waals surface area contributed by atoms with Crippen molar-refractivity contribution in [3.05, 3.63) is 5.51 Å². The summed E-state index contributed by atoms with van der Waals surface area (Å²) in [6.45, 7) is 4.03. The molecule has 112 valence electrons. The number of urea groups is 1. The van der Waals surface area contributed by atoms with Crippen molar-refractivity contribution in [1.82, 2.24) is 25.2 Å². The molecule has 0 saturated carbocycles. The van der Waals surface area contributed by atoms with E-state index < -0.39 is 0 Å². The van der Waals surface area contributed by atoms with Crippen molar-refractivity contribution in [3.8, 4) is 0 Å². The number of anilines is 2. The molecule has 21 heavy (non-hydrogen) atoms. The highest BCUT2D eigenvalue weighted by Gasteiger charge is 2.29. The zero-order chi connectivity index (χ0) is 15.0. The zero-order valence-electron chi connectivity index (χ0n) is 11.9. The van der Waals surface area contributed by atoms with Crippen molar-refractivity contribution in [2.45, 2.75) is 13.0 Å². The van der Waals surface area contributed by atoms with Crippen LogP contribution < -0.4 is 16.0 Å². The minimum Gasteiger partial charge on any atom is -0.368 e. The summed E-state index contributed by atoms with van der Waals surface area (Å²) < 4.78 is 0. The fourth-order valence-electron chi connectivity index (χ4n) is 2.58. The van der Waals surface area contributed by atoms with Crippen LogP contribution in [0.2, 0.25) is 0 Å². The van der Waals surface area contributed by atoms with E-state index in [0.29, 0.717) is 19.6 Å². The number of nitrogens with one attached hydrogen (secondary N) is 1. The molecule has 2 aromatic heterocycles. The molecule has 3 N–H and O–H groups in total. The molecular formula is C12H17N7OS. The Morgan fingerprint density at radius 3 is 3.00 bits per heavy atom. The van der Waals surface area contributed by atoms with E-state index in [2.05, 4.69) is 32.1 Å². The van der Waals surface area contributed by atoms with E-state index in [1.807, 2.05) is 0 Å². The number of thiazole rings is 1. The van der Waals surface area contributed by atoms with Crippen LogP contribution >= 0.6 is 11.3 Å². The number of nitrogens with zero attached hydrogens (tertiary/aromatic N) is 5. The van der Waals surface area contributed by atoms with E-state index >= 15 is 0 Å². The number of aromatic nitrogens is 3. The van der Waals surface area contributed by atoms with E-state index in [0.717, 1.165) is 16.2 Å². The number of hydrogen-bond acceptors (Lipinski definition) is 7. The minimum atomic E-state index is -0.0532. The number of hydrogen-bond donors (Lipinski definition) is 2. The molecular weight excluding hydrogens is 290 g/mol. The molecule has 3 rings (SSSR count). The van der Waals surface area contributed by atoms with E-state index in [9.17, 15) is 4.79 Å². The first kappa shape index (κ1) is 13.8. The molecule has 0 aliphatic carbocycles. The highest BCUT2D eigenvalue weighted by atomic mass is 32.1. The first-order chi connectivity index (χ1) is 10.1. The number of fused-ring (bicyclic) bond motifs is 1. The maximum absolute atomic E-state index is 11.7. The van der Waals surface area contributed by atoms with Crippen LogP contribution in [0.25, 0.3) is 10.3 Å². The number of piperazine rings is 1. The summed E-state index contributed by atoms with van der Waals surface area (Å²) in [5.74, 6) is 1.01. The maximum Gasteiger partial charge on any atom is 0.317 e. The van der Waals surface area contributed by atoms with Gasteiger partial charge in [0.2, 0.25) is 5.95 Å². The standard InChI is InChI=1S/C12H17N7OS/c1-7-5-18(12(20)14-2)3-4-19(7)9-8-10(21-6-15-8)17-11(13)16-9/h6-7H,3-5H2,1-2H3,(H,14,20)(H2,13,16,17)/t7-/m0/s1. The molecule has 1 saturated heterocycles. The van der Waals surface area contributed by atoms with Crippen LogP contribution in [-0.4, -0.2) is 58.6 Å². The second kappa shape index (κ2) is 5.32. The summed E-state index contributed by atoms with van der Waals surface area (Å²) in [7, 11) is 1.64. The summed E-state index contributed by atoms with van der Waals surface area (Å²) in [5.41, 5.74) is 8.30. The number of amides is 2. The molecule has 9 heteroatoms. The zero-order valence-corrected chi connectivity index (χ0v) is 12.7. The summed E-state index contributed by atoms with van der Waals surface area (Å²) in [4.78, 5) is 29.3. The molecule has 1 atom stereocenters. The smallest absolute Gasteiger partial charge is 0.317 e. The van der Waals surface area contributed by atoms with Crippen LogP contribution in [-0.2, 0) is 0 Å². The fraction of sp³-hybridized carbons (Fsp3) is 0.500. The Balaban J connectivity index is 1.90. The SMILES string of the molecule is CNC(=O)N1CCN(c2nc(N)nc3scnc23)[C@@H](C)C1. The monoisotopic (exact) mass is 307 g/mol. The Morgan fingerprint density at radius 2 is 2.29 bits per heavy atom. The van der Waals surface area contributed by atoms with Crippen LogP contribution in [0, 0.1) is 0 Å². The Hall–Kier alpha value is -2.16. The van der Waals surface area contributed by atoms with Crippen LogP contribution in [0.4, 0.5) is 16.6 Å². The third-order valence-electron chi connectivity index (χ3n) is 3.60. The van der Waals surface area contributed by atoms with Crippen molar-refractivity contribution in [2.24, 2.45) is 0 Å². The number of carbonyl (C=O) groups excluding carboxylic acids is 1. The Morgan fingerprint density at radius 1 is 1.48 bits per heavy atom. The predicted molar refractivity (Wildman–Crippen MR) is 82.5 cm³/mol. The molecule has 8 nitrogen and oxygen atoms in total. The minimum absolute atomic E-state index is 0.0532. The molecule has 0 spiro atoms. The summed E-state index contributed by atoms with van der Waals surface area (Å²) >= 11 is 1.45. The Bertz CT molecular complexity index is 673. The van der Waals surface area contributed by atoms with Crippen LogP contribution in [0.3, 0.4) is 0 Å². The topological polar surface area (TPSA) is 100 Å². The lowest BCUT2D eigenvalue weighted by atomic mass is 10.2. The summed E-state index contributed by atoms with van der Waals surface area (Å²) in [6.07, 6.45) is 0. The quantitative estimate of drug-likeness (QED) is 0.796. The number of nitrogen functional groups attached to an aromatic ring is 1. The molecule has 1 aliphatic heterocycles. The molecule has 0 bridgehead atoms. The van der Waals surface area contributed by atoms with E-state index in [1.54, 1.807) is 17.5 Å². The lowest BCUT2D eigenvalue weighted by molar-refractivity contribution is 0.188. The highest BCUT2D eigenvalue weighted by Crippen LogP contribution is 2.28. The van der Waals surface area contributed by atoms with E-state index in [1.165, 1.54) is 11.3 Å². The lowest BCUT2D eigenvalue weighted by Crippen LogP contribution is -2.55. The maximum atomic E-state index is 11.7. The van der Waals surface area contributed by atoms with Gasteiger partial charge in [0.15, 0.2) is 10.6 Å². The van der Waals surface area contributed by atoms with Crippen LogP contribution in [0.5, 0.6) is 0 Å². The van der Waals surface area contributed by atoms with Gasteiger partial charge in [0.1, 0.15) is 5.52 Å². The van der Waals surface area contributed by atoms with Gasteiger partial charge in [-0.1, -0.05) is 0 Å². The third-order valence-corrected chi connectivity index (χ3v) is 4.32. The third kappa shape index (κ3) is 2.44. The molecule has 0 aromatic carbocycles. The van der Waals surface area contributed by atoms with Gasteiger partial charge in [-0.15, -0.1) is 11.3 Å². The first-order valence-electron chi connectivity index (χ1n) is 6.70. The Labute approximate surface area is 126 Å². The number of nitrogens with two attached hydrogens (primary N) is 1. The number of carbonyl (C=O) groups is 1. The van der Waals surface area contributed by atoms with Gasteiger partial charge in [0.25, 0.3) is 0 Å². The molecule has 1 aliphatic rings. The summed E-state index contributed by atoms with van der Waals surface area (Å²) in [6, 6.07) is 0.0813. The van der Waals surface area contributed by atoms with Crippen molar-refractivity contribution in [3.63, 3.8) is 0 Å².